The summed E-state index contributed by atoms with van der Waals surface area (Å²) in [6.45, 7) is 0.779. The van der Waals surface area contributed by atoms with Crippen molar-refractivity contribution in [1.82, 2.24) is 10.2 Å². The lowest BCUT2D eigenvalue weighted by Gasteiger charge is -2.10. The van der Waals surface area contributed by atoms with Crippen LogP contribution in [0.25, 0.3) is 0 Å². The van der Waals surface area contributed by atoms with Gasteiger partial charge in [0.1, 0.15) is 16.3 Å². The zero-order valence-corrected chi connectivity index (χ0v) is 13.0. The first-order valence-electron chi connectivity index (χ1n) is 5.58. The van der Waals surface area contributed by atoms with Crippen molar-refractivity contribution in [3.8, 4) is 0 Å². The molecule has 0 fully saturated rings. The number of aryl methyl sites for hydroxylation is 1. The van der Waals surface area contributed by atoms with Gasteiger partial charge in [0.05, 0.1) is 12.3 Å². The Kier molecular flexibility index (Phi) is 4.30. The fourth-order valence-corrected chi connectivity index (χ4v) is 3.60. The summed E-state index contributed by atoms with van der Waals surface area (Å²) >= 11 is 2.89. The van der Waals surface area contributed by atoms with Crippen LogP contribution in [0.4, 0.5) is 14.5 Å². The highest BCUT2D eigenvalue weighted by Crippen LogP contribution is 2.27. The van der Waals surface area contributed by atoms with Gasteiger partial charge in [0, 0.05) is 4.47 Å². The van der Waals surface area contributed by atoms with Gasteiger partial charge in [-0.3, -0.25) is 9.82 Å². The summed E-state index contributed by atoms with van der Waals surface area (Å²) in [5.74, 6) is -2.14. The number of aliphatic hydroxyl groups excluding tert-OH is 1. The Balaban J connectivity index is 2.50. The van der Waals surface area contributed by atoms with E-state index in [-0.39, 0.29) is 20.8 Å². The van der Waals surface area contributed by atoms with Crippen LogP contribution >= 0.6 is 15.9 Å². The molecule has 0 saturated carbocycles. The minimum Gasteiger partial charge on any atom is -0.390 e. The van der Waals surface area contributed by atoms with E-state index in [2.05, 4.69) is 26.1 Å². The minimum atomic E-state index is -4.30. The number of benzene rings is 1. The van der Waals surface area contributed by atoms with Crippen molar-refractivity contribution in [3.63, 3.8) is 0 Å². The third-order valence-electron chi connectivity index (χ3n) is 2.62. The molecule has 0 unspecified atom stereocenters. The Morgan fingerprint density at radius 1 is 1.38 bits per heavy atom. The molecule has 0 spiro atoms. The zero-order valence-electron chi connectivity index (χ0n) is 10.6. The van der Waals surface area contributed by atoms with Gasteiger partial charge in [0.25, 0.3) is 10.0 Å². The van der Waals surface area contributed by atoms with E-state index in [9.17, 15) is 17.2 Å². The number of nitrogens with one attached hydrogen (secondary N) is 2. The van der Waals surface area contributed by atoms with Crippen LogP contribution in [-0.2, 0) is 16.6 Å². The normalized spacial score (nSPS) is 11.7. The maximum atomic E-state index is 13.7. The van der Waals surface area contributed by atoms with Gasteiger partial charge < -0.3 is 5.11 Å². The van der Waals surface area contributed by atoms with Crippen molar-refractivity contribution in [3.05, 3.63) is 39.6 Å². The summed E-state index contributed by atoms with van der Waals surface area (Å²) in [6.07, 6.45) is 0. The molecule has 21 heavy (non-hydrogen) atoms. The average Bonchev–Trinajstić information content (AvgIpc) is 2.76. The number of aromatic nitrogens is 2. The molecule has 3 N–H and O–H groups in total. The molecular weight excluding hydrogens is 372 g/mol. The minimum absolute atomic E-state index is 0.135. The van der Waals surface area contributed by atoms with Gasteiger partial charge in [-0.05, 0) is 19.1 Å². The van der Waals surface area contributed by atoms with Crippen LogP contribution in [-0.4, -0.2) is 23.7 Å². The molecule has 0 aliphatic carbocycles. The molecule has 0 amide bonds. The van der Waals surface area contributed by atoms with Gasteiger partial charge in [-0.25, -0.2) is 17.2 Å². The molecule has 0 saturated heterocycles. The monoisotopic (exact) mass is 381 g/mol. The predicted molar refractivity (Wildman–Crippen MR) is 74.1 cm³/mol. The van der Waals surface area contributed by atoms with Crippen LogP contribution in [0.5, 0.6) is 0 Å². The van der Waals surface area contributed by atoms with Crippen LogP contribution in [0.1, 0.15) is 11.4 Å². The second kappa shape index (κ2) is 5.70. The summed E-state index contributed by atoms with van der Waals surface area (Å²) in [7, 11) is -4.30. The maximum absolute atomic E-state index is 13.7. The van der Waals surface area contributed by atoms with Crippen molar-refractivity contribution >= 4 is 31.6 Å². The summed E-state index contributed by atoms with van der Waals surface area (Å²) in [5, 5.41) is 15.1. The van der Waals surface area contributed by atoms with Crippen LogP contribution in [0.3, 0.4) is 0 Å². The van der Waals surface area contributed by atoms with Gasteiger partial charge >= 0.3 is 0 Å². The van der Waals surface area contributed by atoms with Crippen molar-refractivity contribution in [2.45, 2.75) is 18.4 Å². The lowest BCUT2D eigenvalue weighted by atomic mass is 10.3. The highest BCUT2D eigenvalue weighted by Gasteiger charge is 2.26. The highest BCUT2D eigenvalue weighted by molar-refractivity contribution is 9.10. The number of halogens is 3. The van der Waals surface area contributed by atoms with Gasteiger partial charge in [-0.1, -0.05) is 15.9 Å². The molecule has 0 aliphatic rings. The number of sulfonamides is 1. The van der Waals surface area contributed by atoms with E-state index >= 15 is 0 Å². The Bertz CT molecular complexity index is 769. The standard InChI is InChI=1S/C11H10BrF2N3O3S/c1-5-11(9(4-18)16-15-5)21(19,20)17-10-7(13)2-6(12)3-8(10)14/h2-3,17-18H,4H2,1H3,(H,15,16). The average molecular weight is 382 g/mol. The molecule has 1 aromatic carbocycles. The van der Waals surface area contributed by atoms with Crippen LogP contribution in [0.2, 0.25) is 0 Å². The SMILES string of the molecule is Cc1[nH]nc(CO)c1S(=O)(=O)Nc1c(F)cc(Br)cc1F. The number of hydrogen-bond acceptors (Lipinski definition) is 4. The van der Waals surface area contributed by atoms with Gasteiger partial charge in [0.15, 0.2) is 11.6 Å². The molecule has 10 heteroatoms. The van der Waals surface area contributed by atoms with Crippen molar-refractivity contribution in [2.24, 2.45) is 0 Å². The van der Waals surface area contributed by atoms with E-state index in [1.54, 1.807) is 0 Å². The second-order valence-electron chi connectivity index (χ2n) is 4.13. The molecule has 0 atom stereocenters. The van der Waals surface area contributed by atoms with Gasteiger partial charge in [0.2, 0.25) is 0 Å². The third-order valence-corrected chi connectivity index (χ3v) is 4.63. The van der Waals surface area contributed by atoms with Crippen LogP contribution < -0.4 is 4.72 Å². The topological polar surface area (TPSA) is 95.1 Å². The van der Waals surface area contributed by atoms with E-state index < -0.39 is 34.0 Å². The predicted octanol–water partition coefficient (Wildman–Crippen LogP) is 2.05. The Morgan fingerprint density at radius 2 is 1.95 bits per heavy atom. The molecule has 0 radical (unpaired) electrons. The molecule has 1 heterocycles. The third kappa shape index (κ3) is 3.06. The number of aromatic amines is 1. The zero-order chi connectivity index (χ0) is 15.8. The van der Waals surface area contributed by atoms with Gasteiger partial charge in [-0.15, -0.1) is 0 Å². The largest absolute Gasteiger partial charge is 0.390 e. The molecule has 1 aromatic heterocycles. The van der Waals surface area contributed by atoms with E-state index in [0.717, 1.165) is 12.1 Å². The molecule has 2 aromatic rings. The van der Waals surface area contributed by atoms with Crippen LogP contribution in [0.15, 0.2) is 21.5 Å². The van der Waals surface area contributed by atoms with Crippen molar-refractivity contribution in [1.29, 1.82) is 0 Å². The highest BCUT2D eigenvalue weighted by atomic mass is 79.9. The van der Waals surface area contributed by atoms with E-state index in [4.69, 9.17) is 5.11 Å². The Hall–Kier alpha value is -1.52. The van der Waals surface area contributed by atoms with E-state index in [1.165, 1.54) is 6.92 Å². The summed E-state index contributed by atoms with van der Waals surface area (Å²) < 4.78 is 53.8. The smallest absolute Gasteiger partial charge is 0.265 e. The Labute approximate surface area is 127 Å². The number of rotatable bonds is 4. The molecule has 6 nitrogen and oxygen atoms in total. The second-order valence-corrected chi connectivity index (χ2v) is 6.67. The fraction of sp³-hybridized carbons (Fsp3) is 0.182. The summed E-state index contributed by atoms with van der Waals surface area (Å²) in [4.78, 5) is -0.341. The number of nitrogens with zero attached hydrogens (tertiary/aromatic N) is 1. The lowest BCUT2D eigenvalue weighted by molar-refractivity contribution is 0.273. The number of hydrogen-bond donors (Lipinski definition) is 3. The van der Waals surface area contributed by atoms with E-state index in [1.807, 2.05) is 4.72 Å². The molecule has 0 aliphatic heterocycles. The Morgan fingerprint density at radius 3 is 2.48 bits per heavy atom. The fourth-order valence-electron chi connectivity index (χ4n) is 1.76. The quantitative estimate of drug-likeness (QED) is 0.755. The first-order chi connectivity index (χ1) is 9.76. The van der Waals surface area contributed by atoms with Gasteiger partial charge in [-0.2, -0.15) is 5.10 Å². The summed E-state index contributed by atoms with van der Waals surface area (Å²) in [5.41, 5.74) is -0.801. The van der Waals surface area contributed by atoms with Crippen LogP contribution in [0, 0.1) is 18.6 Å². The van der Waals surface area contributed by atoms with E-state index in [0.29, 0.717) is 0 Å². The molecule has 114 valence electrons. The molecule has 0 bridgehead atoms. The summed E-state index contributed by atoms with van der Waals surface area (Å²) in [6, 6.07) is 1.85. The molecule has 2 rings (SSSR count). The first kappa shape index (κ1) is 15.9. The number of H-pyrrole nitrogens is 1. The maximum Gasteiger partial charge on any atom is 0.265 e. The number of aliphatic hydroxyl groups is 1. The van der Waals surface area contributed by atoms with Crippen molar-refractivity contribution in [2.75, 3.05) is 4.72 Å². The number of anilines is 1. The lowest BCUT2D eigenvalue weighted by Crippen LogP contribution is -2.17. The molecular formula is C11H10BrF2N3O3S. The first-order valence-corrected chi connectivity index (χ1v) is 7.86. The van der Waals surface area contributed by atoms with Crippen molar-refractivity contribution < 1.29 is 22.3 Å².